The van der Waals surface area contributed by atoms with Crippen molar-refractivity contribution in [1.29, 1.82) is 0 Å². The lowest BCUT2D eigenvalue weighted by atomic mass is 10.0. The molecule has 12 heteroatoms. The van der Waals surface area contributed by atoms with E-state index in [1.807, 2.05) is 13.0 Å². The summed E-state index contributed by atoms with van der Waals surface area (Å²) in [5, 5.41) is 12.5. The van der Waals surface area contributed by atoms with E-state index in [0.717, 1.165) is 34.0 Å². The topological polar surface area (TPSA) is 143 Å². The number of aromatic nitrogens is 3. The summed E-state index contributed by atoms with van der Waals surface area (Å²) in [6.07, 6.45) is -0.711. The maximum absolute atomic E-state index is 12.9. The van der Waals surface area contributed by atoms with Gasteiger partial charge in [0.1, 0.15) is 12.2 Å². The van der Waals surface area contributed by atoms with Crippen molar-refractivity contribution in [3.05, 3.63) is 71.9 Å². The van der Waals surface area contributed by atoms with E-state index in [9.17, 15) is 18.0 Å². The van der Waals surface area contributed by atoms with E-state index in [2.05, 4.69) is 20.3 Å². The highest BCUT2D eigenvalue weighted by Crippen LogP contribution is 2.29. The monoisotopic (exact) mass is 459 g/mol. The van der Waals surface area contributed by atoms with Crippen molar-refractivity contribution < 1.29 is 23.1 Å². The summed E-state index contributed by atoms with van der Waals surface area (Å²) in [5.74, 6) is 4.26. The van der Waals surface area contributed by atoms with Gasteiger partial charge in [-0.3, -0.25) is 9.78 Å². The molecule has 2 aromatic heterocycles. The molecule has 9 nitrogen and oxygen atoms in total. The number of hydrogen-bond donors (Lipinski definition) is 4. The van der Waals surface area contributed by atoms with Crippen molar-refractivity contribution in [3.8, 4) is 11.1 Å². The first-order chi connectivity index (χ1) is 15.5. The number of hydrazine groups is 1. The van der Waals surface area contributed by atoms with Gasteiger partial charge >= 0.3 is 12.1 Å². The zero-order valence-electron chi connectivity index (χ0n) is 17.3. The minimum atomic E-state index is -4.57. The second-order valence-corrected chi connectivity index (χ2v) is 7.06. The predicted octanol–water partition coefficient (Wildman–Crippen LogP) is 3.13. The summed E-state index contributed by atoms with van der Waals surface area (Å²) >= 11 is 0. The van der Waals surface area contributed by atoms with Gasteiger partial charge in [-0.25, -0.2) is 15.8 Å². The molecule has 0 atom stereocenters. The summed E-state index contributed by atoms with van der Waals surface area (Å²) in [6.45, 7) is 1.41. The molecule has 0 bridgehead atoms. The van der Waals surface area contributed by atoms with Gasteiger partial charge in [0.2, 0.25) is 5.95 Å². The average Bonchev–Trinajstić information content (AvgIpc) is 2.72. The largest absolute Gasteiger partial charge is 0.480 e. The molecule has 6 N–H and O–H groups in total. The van der Waals surface area contributed by atoms with Crippen molar-refractivity contribution in [3.63, 3.8) is 0 Å². The molecular formula is C21H20F3N7O2. The first-order valence-corrected chi connectivity index (χ1v) is 9.47. The highest BCUT2D eigenvalue weighted by Gasteiger charge is 2.32. The fourth-order valence-electron chi connectivity index (χ4n) is 2.91. The van der Waals surface area contributed by atoms with Crippen molar-refractivity contribution >= 4 is 23.3 Å². The summed E-state index contributed by atoms with van der Waals surface area (Å²) in [6, 6.07) is 9.53. The second kappa shape index (κ2) is 9.53. The lowest BCUT2D eigenvalue weighted by molar-refractivity contribution is -0.141. The van der Waals surface area contributed by atoms with E-state index in [4.69, 9.17) is 16.7 Å². The van der Waals surface area contributed by atoms with E-state index in [1.54, 1.807) is 30.5 Å². The number of carbonyl (C=O) groups is 1. The molecule has 3 rings (SSSR count). The van der Waals surface area contributed by atoms with E-state index >= 15 is 0 Å². The Morgan fingerprint density at radius 1 is 1.18 bits per heavy atom. The van der Waals surface area contributed by atoms with E-state index in [0.29, 0.717) is 11.4 Å². The number of aryl methyl sites for hydroxylation is 1. The maximum atomic E-state index is 12.9. The molecule has 3 aromatic rings. The number of benzene rings is 1. The molecule has 0 saturated carbocycles. The third-order valence-corrected chi connectivity index (χ3v) is 4.29. The van der Waals surface area contributed by atoms with Crippen LogP contribution in [-0.4, -0.2) is 37.6 Å². The van der Waals surface area contributed by atoms with Crippen LogP contribution in [0.3, 0.4) is 0 Å². The predicted molar refractivity (Wildman–Crippen MR) is 115 cm³/mol. The van der Waals surface area contributed by atoms with Gasteiger partial charge in [0.25, 0.3) is 0 Å². The van der Waals surface area contributed by atoms with Gasteiger partial charge < -0.3 is 21.2 Å². The molecule has 0 amide bonds. The molecule has 0 saturated heterocycles. The van der Waals surface area contributed by atoms with Crippen LogP contribution in [0.2, 0.25) is 0 Å². The average molecular weight is 459 g/mol. The van der Waals surface area contributed by atoms with Crippen LogP contribution in [0.15, 0.2) is 55.0 Å². The Balaban J connectivity index is 1.82. The Hall–Kier alpha value is -4.19. The molecule has 0 radical (unpaired) electrons. The molecule has 1 aromatic carbocycles. The van der Waals surface area contributed by atoms with Gasteiger partial charge in [0, 0.05) is 29.8 Å². The molecule has 0 aliphatic carbocycles. The standard InChI is InChI=1S/C21H20F3N7O2/c1-12-6-14(8-15(7-12)29-20-27-5-4-18(30-20)21(22,23)24)13-2-3-17(28-9-13)16(25)10-31(26)11-19(32)33/h2-10H,11,25-26H2,1H3,(H,32,33)(H,27,29,30)/b16-10-. The van der Waals surface area contributed by atoms with Crippen LogP contribution in [0.25, 0.3) is 16.8 Å². The van der Waals surface area contributed by atoms with Gasteiger partial charge in [-0.15, -0.1) is 0 Å². The van der Waals surface area contributed by atoms with E-state index in [-0.39, 0.29) is 11.6 Å². The molecule has 0 aliphatic rings. The van der Waals surface area contributed by atoms with Gasteiger partial charge in [-0.2, -0.15) is 13.2 Å². The van der Waals surface area contributed by atoms with Crippen molar-refractivity contribution in [2.45, 2.75) is 13.1 Å². The van der Waals surface area contributed by atoms with Crippen LogP contribution in [0, 0.1) is 6.92 Å². The Labute approximate surface area is 186 Å². The first-order valence-electron chi connectivity index (χ1n) is 9.47. The molecular weight excluding hydrogens is 439 g/mol. The van der Waals surface area contributed by atoms with Crippen LogP contribution in [0.1, 0.15) is 17.0 Å². The molecule has 2 heterocycles. The third kappa shape index (κ3) is 6.40. The third-order valence-electron chi connectivity index (χ3n) is 4.29. The minimum absolute atomic E-state index is 0.179. The lowest BCUT2D eigenvalue weighted by Gasteiger charge is -2.13. The SMILES string of the molecule is Cc1cc(Nc2nccc(C(F)(F)F)n2)cc(-c2ccc(/C(N)=C/N(N)CC(=O)O)nc2)c1. The lowest BCUT2D eigenvalue weighted by Crippen LogP contribution is -2.31. The van der Waals surface area contributed by atoms with Crippen molar-refractivity contribution in [2.75, 3.05) is 11.9 Å². The number of nitrogens with zero attached hydrogens (tertiary/aromatic N) is 4. The number of hydrogen-bond acceptors (Lipinski definition) is 8. The number of nitrogens with two attached hydrogens (primary N) is 2. The highest BCUT2D eigenvalue weighted by molar-refractivity contribution is 5.72. The maximum Gasteiger partial charge on any atom is 0.433 e. The molecule has 0 spiro atoms. The van der Waals surface area contributed by atoms with Crippen LogP contribution >= 0.6 is 0 Å². The summed E-state index contributed by atoms with van der Waals surface area (Å²) in [7, 11) is 0. The molecule has 0 aliphatic heterocycles. The summed E-state index contributed by atoms with van der Waals surface area (Å²) in [5.41, 5.74) is 8.26. The van der Waals surface area contributed by atoms with Crippen LogP contribution in [0.4, 0.5) is 24.8 Å². The number of anilines is 2. The number of pyridine rings is 1. The summed E-state index contributed by atoms with van der Waals surface area (Å²) in [4.78, 5) is 22.3. The molecule has 0 unspecified atom stereocenters. The van der Waals surface area contributed by atoms with Gasteiger partial charge in [-0.1, -0.05) is 12.1 Å². The van der Waals surface area contributed by atoms with Crippen LogP contribution < -0.4 is 16.9 Å². The van der Waals surface area contributed by atoms with Crippen LogP contribution in [0.5, 0.6) is 0 Å². The Bertz CT molecular complexity index is 1180. The summed E-state index contributed by atoms with van der Waals surface area (Å²) < 4.78 is 38.7. The van der Waals surface area contributed by atoms with E-state index < -0.39 is 24.4 Å². The number of rotatable bonds is 7. The number of carboxylic acid groups (broad SMARTS) is 1. The fraction of sp³-hybridized carbons (Fsp3) is 0.143. The Morgan fingerprint density at radius 3 is 2.58 bits per heavy atom. The first kappa shape index (κ1) is 23.5. The van der Waals surface area contributed by atoms with Gasteiger partial charge in [0.15, 0.2) is 0 Å². The number of nitrogens with one attached hydrogen (secondary N) is 1. The highest BCUT2D eigenvalue weighted by atomic mass is 19.4. The van der Waals surface area contributed by atoms with Gasteiger partial charge in [0.05, 0.1) is 11.4 Å². The Kier molecular flexibility index (Phi) is 6.78. The second-order valence-electron chi connectivity index (χ2n) is 7.06. The van der Waals surface area contributed by atoms with E-state index in [1.165, 1.54) is 6.20 Å². The molecule has 33 heavy (non-hydrogen) atoms. The molecule has 172 valence electrons. The molecule has 0 fully saturated rings. The number of aliphatic carboxylic acids is 1. The zero-order chi connectivity index (χ0) is 24.2. The zero-order valence-corrected chi connectivity index (χ0v) is 17.3. The number of alkyl halides is 3. The Morgan fingerprint density at radius 2 is 1.94 bits per heavy atom. The quantitative estimate of drug-likeness (QED) is 0.309. The van der Waals surface area contributed by atoms with Crippen LogP contribution in [-0.2, 0) is 11.0 Å². The minimum Gasteiger partial charge on any atom is -0.480 e. The van der Waals surface area contributed by atoms with Crippen molar-refractivity contribution in [1.82, 2.24) is 20.0 Å². The van der Waals surface area contributed by atoms with Gasteiger partial charge in [-0.05, 0) is 42.3 Å². The smallest absolute Gasteiger partial charge is 0.433 e. The normalized spacial score (nSPS) is 11.8. The number of carboxylic acids is 1. The number of halogens is 3. The fourth-order valence-corrected chi connectivity index (χ4v) is 2.91. The van der Waals surface area contributed by atoms with Crippen molar-refractivity contribution in [2.24, 2.45) is 11.6 Å².